The van der Waals surface area contributed by atoms with Crippen LogP contribution in [0.5, 0.6) is 5.75 Å². The number of amides is 1. The molecule has 0 unspecified atom stereocenters. The molecule has 0 spiro atoms. The van der Waals surface area contributed by atoms with Crippen LogP contribution in [0.2, 0.25) is 0 Å². The monoisotopic (exact) mass is 487 g/mol. The van der Waals surface area contributed by atoms with Crippen molar-refractivity contribution >= 4 is 5.91 Å². The van der Waals surface area contributed by atoms with Crippen molar-refractivity contribution in [3.05, 3.63) is 82.6 Å². The first-order chi connectivity index (χ1) is 17.5. The lowest BCUT2D eigenvalue weighted by atomic mass is 10.1. The minimum Gasteiger partial charge on any atom is -0.488 e. The predicted octanol–water partition coefficient (Wildman–Crippen LogP) is 4.19. The molecule has 0 atom stereocenters. The van der Waals surface area contributed by atoms with Gasteiger partial charge in [-0.25, -0.2) is 0 Å². The molecule has 0 aliphatic carbocycles. The van der Waals surface area contributed by atoms with Crippen molar-refractivity contribution in [2.24, 2.45) is 0 Å². The summed E-state index contributed by atoms with van der Waals surface area (Å²) in [6.07, 6.45) is 0. The number of para-hydroxylation sites is 1. The smallest absolute Gasteiger partial charge is 0.257 e. The van der Waals surface area contributed by atoms with Crippen LogP contribution in [0.25, 0.3) is 11.4 Å². The van der Waals surface area contributed by atoms with Gasteiger partial charge < -0.3 is 18.7 Å². The molecule has 1 aliphatic heterocycles. The van der Waals surface area contributed by atoms with Crippen molar-refractivity contribution < 1.29 is 18.6 Å². The van der Waals surface area contributed by atoms with Crippen LogP contribution in [-0.4, -0.2) is 57.2 Å². The van der Waals surface area contributed by atoms with Gasteiger partial charge in [0.05, 0.1) is 23.4 Å². The molecule has 1 fully saturated rings. The van der Waals surface area contributed by atoms with E-state index in [9.17, 15) is 4.79 Å². The fourth-order valence-corrected chi connectivity index (χ4v) is 4.24. The first kappa shape index (κ1) is 23.7. The van der Waals surface area contributed by atoms with Crippen molar-refractivity contribution in [2.45, 2.75) is 33.9 Å². The molecule has 5 rings (SSSR count). The molecule has 36 heavy (non-hydrogen) atoms. The Labute approximate surface area is 209 Å². The molecular weight excluding hydrogens is 458 g/mol. The number of carbonyl (C=O) groups excluding carboxylic acids is 1. The second-order valence-corrected chi connectivity index (χ2v) is 9.03. The van der Waals surface area contributed by atoms with Crippen LogP contribution in [0, 0.1) is 20.8 Å². The Kier molecular flexibility index (Phi) is 6.81. The molecule has 1 saturated heterocycles. The number of hydrogen-bond acceptors (Lipinski definition) is 8. The van der Waals surface area contributed by atoms with Crippen LogP contribution in [0.15, 0.2) is 57.6 Å². The van der Waals surface area contributed by atoms with Gasteiger partial charge in [-0.05, 0) is 32.9 Å². The van der Waals surface area contributed by atoms with Crippen LogP contribution in [0.1, 0.15) is 38.8 Å². The van der Waals surface area contributed by atoms with Crippen molar-refractivity contribution in [1.29, 1.82) is 0 Å². The molecule has 9 nitrogen and oxygen atoms in total. The van der Waals surface area contributed by atoms with E-state index in [4.69, 9.17) is 13.8 Å². The third-order valence-electron chi connectivity index (χ3n) is 6.47. The number of rotatable bonds is 7. The lowest BCUT2D eigenvalue weighted by molar-refractivity contribution is 0.0610. The second kappa shape index (κ2) is 10.3. The predicted molar refractivity (Wildman–Crippen MR) is 132 cm³/mol. The molecule has 4 aromatic rings. The van der Waals surface area contributed by atoms with Gasteiger partial charge in [0, 0.05) is 31.7 Å². The van der Waals surface area contributed by atoms with Crippen LogP contribution in [-0.2, 0) is 13.2 Å². The van der Waals surface area contributed by atoms with E-state index in [1.165, 1.54) is 5.56 Å². The Morgan fingerprint density at radius 1 is 0.944 bits per heavy atom. The first-order valence-electron chi connectivity index (χ1n) is 12.0. The average Bonchev–Trinajstić information content (AvgIpc) is 3.49. The van der Waals surface area contributed by atoms with Gasteiger partial charge in [0.25, 0.3) is 5.91 Å². The highest BCUT2D eigenvalue weighted by atomic mass is 16.5. The van der Waals surface area contributed by atoms with E-state index in [1.54, 1.807) is 0 Å². The summed E-state index contributed by atoms with van der Waals surface area (Å²) in [5.41, 5.74) is 4.36. The number of aromatic nitrogens is 3. The van der Waals surface area contributed by atoms with E-state index in [-0.39, 0.29) is 5.91 Å². The van der Waals surface area contributed by atoms with Gasteiger partial charge in [-0.3, -0.25) is 9.69 Å². The molecule has 0 radical (unpaired) electrons. The maximum atomic E-state index is 13.3. The SMILES string of the molecule is Cc1ccc(-c2noc(CN3CCN(C(=O)c4ccccc4OCc4c(C)noc4C)CC3)n2)cc1. The molecule has 0 bridgehead atoms. The summed E-state index contributed by atoms with van der Waals surface area (Å²) in [5, 5.41) is 8.09. The molecule has 1 aliphatic rings. The van der Waals surface area contributed by atoms with Gasteiger partial charge >= 0.3 is 0 Å². The quantitative estimate of drug-likeness (QED) is 0.383. The maximum Gasteiger partial charge on any atom is 0.257 e. The summed E-state index contributed by atoms with van der Waals surface area (Å²) in [5.74, 6) is 2.40. The summed E-state index contributed by atoms with van der Waals surface area (Å²) in [7, 11) is 0. The van der Waals surface area contributed by atoms with Crippen molar-refractivity contribution in [3.8, 4) is 17.1 Å². The average molecular weight is 488 g/mol. The molecule has 9 heteroatoms. The number of aryl methyl sites for hydroxylation is 3. The standard InChI is InChI=1S/C27H29N5O4/c1-18-8-10-21(11-9-18)26-28-25(36-30-26)16-31-12-14-32(15-13-31)27(33)22-6-4-5-7-24(22)34-17-23-19(2)29-35-20(23)3/h4-11H,12-17H2,1-3H3. The molecule has 2 aromatic heterocycles. The van der Waals surface area contributed by atoms with Gasteiger partial charge in [0.1, 0.15) is 18.1 Å². The fraction of sp³-hybridized carbons (Fsp3) is 0.333. The van der Waals surface area contributed by atoms with Crippen LogP contribution in [0.4, 0.5) is 0 Å². The molecule has 0 N–H and O–H groups in total. The molecule has 186 valence electrons. The van der Waals surface area contributed by atoms with E-state index >= 15 is 0 Å². The zero-order chi connectivity index (χ0) is 25.1. The highest BCUT2D eigenvalue weighted by molar-refractivity contribution is 5.97. The maximum absolute atomic E-state index is 13.3. The topological polar surface area (TPSA) is 97.7 Å². The summed E-state index contributed by atoms with van der Waals surface area (Å²) >= 11 is 0. The normalized spacial score (nSPS) is 14.2. The minimum absolute atomic E-state index is 0.0385. The van der Waals surface area contributed by atoms with E-state index in [0.717, 1.165) is 35.7 Å². The van der Waals surface area contributed by atoms with Gasteiger partial charge in [-0.15, -0.1) is 0 Å². The lowest BCUT2D eigenvalue weighted by Gasteiger charge is -2.34. The molecule has 3 heterocycles. The number of nitrogens with zero attached hydrogens (tertiary/aromatic N) is 5. The summed E-state index contributed by atoms with van der Waals surface area (Å²) in [6, 6.07) is 15.4. The van der Waals surface area contributed by atoms with Gasteiger partial charge in [0.15, 0.2) is 0 Å². The zero-order valence-electron chi connectivity index (χ0n) is 20.7. The number of ether oxygens (including phenoxy) is 1. The number of hydrogen-bond donors (Lipinski definition) is 0. The fourth-order valence-electron chi connectivity index (χ4n) is 4.24. The van der Waals surface area contributed by atoms with Crippen molar-refractivity contribution in [3.63, 3.8) is 0 Å². The van der Waals surface area contributed by atoms with E-state index in [2.05, 4.69) is 20.2 Å². The van der Waals surface area contributed by atoms with Crippen LogP contribution >= 0.6 is 0 Å². The summed E-state index contributed by atoms with van der Waals surface area (Å²) in [4.78, 5) is 21.9. The molecule has 2 aromatic carbocycles. The Bertz CT molecular complexity index is 1320. The Morgan fingerprint density at radius 2 is 1.69 bits per heavy atom. The Morgan fingerprint density at radius 3 is 2.42 bits per heavy atom. The molecule has 1 amide bonds. The zero-order valence-corrected chi connectivity index (χ0v) is 20.7. The number of benzene rings is 2. The number of piperazine rings is 1. The summed E-state index contributed by atoms with van der Waals surface area (Å²) in [6.45, 7) is 9.28. The third kappa shape index (κ3) is 5.16. The van der Waals surface area contributed by atoms with Crippen molar-refractivity contribution in [1.82, 2.24) is 25.1 Å². The Balaban J connectivity index is 1.18. The van der Waals surface area contributed by atoms with Gasteiger partial charge in [0.2, 0.25) is 11.7 Å². The van der Waals surface area contributed by atoms with E-state index < -0.39 is 0 Å². The third-order valence-corrected chi connectivity index (χ3v) is 6.47. The largest absolute Gasteiger partial charge is 0.488 e. The van der Waals surface area contributed by atoms with Crippen LogP contribution in [0.3, 0.4) is 0 Å². The van der Waals surface area contributed by atoms with E-state index in [1.807, 2.05) is 74.2 Å². The van der Waals surface area contributed by atoms with Gasteiger partial charge in [-0.1, -0.05) is 52.3 Å². The lowest BCUT2D eigenvalue weighted by Crippen LogP contribution is -2.48. The van der Waals surface area contributed by atoms with Crippen molar-refractivity contribution in [2.75, 3.05) is 26.2 Å². The molecule has 0 saturated carbocycles. The number of carbonyl (C=O) groups is 1. The summed E-state index contributed by atoms with van der Waals surface area (Å²) < 4.78 is 16.7. The first-order valence-corrected chi connectivity index (χ1v) is 12.0. The van der Waals surface area contributed by atoms with Gasteiger partial charge in [-0.2, -0.15) is 4.98 Å². The highest BCUT2D eigenvalue weighted by Crippen LogP contribution is 2.24. The molecular formula is C27H29N5O4. The second-order valence-electron chi connectivity index (χ2n) is 9.03. The Hall–Kier alpha value is -3.98. The van der Waals surface area contributed by atoms with Crippen LogP contribution < -0.4 is 4.74 Å². The minimum atomic E-state index is -0.0385. The highest BCUT2D eigenvalue weighted by Gasteiger charge is 2.25. The van der Waals surface area contributed by atoms with E-state index in [0.29, 0.717) is 49.3 Å².